The van der Waals surface area contributed by atoms with Crippen LogP contribution in [0.4, 0.5) is 0 Å². The minimum Gasteiger partial charge on any atom is -0.389 e. The summed E-state index contributed by atoms with van der Waals surface area (Å²) < 4.78 is 10.6. The fraction of sp³-hybridized carbons (Fsp3) is 1.00. The van der Waals surface area contributed by atoms with E-state index in [9.17, 15) is 5.11 Å². The molecule has 1 aliphatic rings. The number of rotatable bonds is 8. The number of aliphatic hydroxyl groups excluding tert-OH is 1. The second-order valence-corrected chi connectivity index (χ2v) is 4.38. The molecule has 0 aromatic carbocycles. The summed E-state index contributed by atoms with van der Waals surface area (Å²) >= 11 is 0. The molecule has 1 saturated heterocycles. The van der Waals surface area contributed by atoms with Crippen LogP contribution in [0.1, 0.15) is 32.6 Å². The molecule has 0 bridgehead atoms. The van der Waals surface area contributed by atoms with E-state index in [4.69, 9.17) is 9.47 Å². The smallest absolute Gasteiger partial charge is 0.0897 e. The van der Waals surface area contributed by atoms with E-state index in [1.807, 2.05) is 0 Å². The molecule has 4 nitrogen and oxygen atoms in total. The number of ether oxygens (including phenoxy) is 2. The summed E-state index contributed by atoms with van der Waals surface area (Å²) in [6.07, 6.45) is 3.91. The van der Waals surface area contributed by atoms with Gasteiger partial charge in [-0.05, 0) is 19.3 Å². The standard InChI is InChI=1S/C12H25NO3/c1-2-3-6-16-10-12(14)9-13-11-4-7-15-8-5-11/h11-14H,2-10H2,1H3. The van der Waals surface area contributed by atoms with Gasteiger partial charge in [-0.3, -0.25) is 0 Å². The van der Waals surface area contributed by atoms with Gasteiger partial charge in [0, 0.05) is 32.4 Å². The first-order chi connectivity index (χ1) is 7.83. The molecule has 1 fully saturated rings. The number of unbranched alkanes of at least 4 members (excludes halogenated alkanes) is 1. The van der Waals surface area contributed by atoms with Crippen LogP contribution in [0.3, 0.4) is 0 Å². The lowest BCUT2D eigenvalue weighted by Gasteiger charge is -2.24. The van der Waals surface area contributed by atoms with E-state index in [1.165, 1.54) is 0 Å². The van der Waals surface area contributed by atoms with Crippen molar-refractivity contribution in [1.29, 1.82) is 0 Å². The third kappa shape index (κ3) is 6.43. The molecular weight excluding hydrogens is 206 g/mol. The fourth-order valence-corrected chi connectivity index (χ4v) is 1.73. The van der Waals surface area contributed by atoms with Crippen LogP contribution in [0.15, 0.2) is 0 Å². The summed E-state index contributed by atoms with van der Waals surface area (Å²) in [5.41, 5.74) is 0. The third-order valence-corrected chi connectivity index (χ3v) is 2.82. The quantitative estimate of drug-likeness (QED) is 0.610. The van der Waals surface area contributed by atoms with Crippen LogP contribution in [-0.2, 0) is 9.47 Å². The van der Waals surface area contributed by atoms with Crippen molar-refractivity contribution in [3.8, 4) is 0 Å². The minimum absolute atomic E-state index is 0.389. The lowest BCUT2D eigenvalue weighted by molar-refractivity contribution is 0.0289. The molecule has 1 atom stereocenters. The Morgan fingerprint density at radius 3 is 2.88 bits per heavy atom. The highest BCUT2D eigenvalue weighted by Crippen LogP contribution is 2.05. The van der Waals surface area contributed by atoms with Crippen LogP contribution < -0.4 is 5.32 Å². The summed E-state index contributed by atoms with van der Waals surface area (Å²) in [7, 11) is 0. The summed E-state index contributed by atoms with van der Waals surface area (Å²) in [4.78, 5) is 0. The van der Waals surface area contributed by atoms with Gasteiger partial charge in [0.1, 0.15) is 0 Å². The van der Waals surface area contributed by atoms with Gasteiger partial charge in [0.15, 0.2) is 0 Å². The Hall–Kier alpha value is -0.160. The Morgan fingerprint density at radius 2 is 2.19 bits per heavy atom. The topological polar surface area (TPSA) is 50.7 Å². The van der Waals surface area contributed by atoms with E-state index in [0.717, 1.165) is 45.5 Å². The van der Waals surface area contributed by atoms with Crippen molar-refractivity contribution in [3.05, 3.63) is 0 Å². The van der Waals surface area contributed by atoms with E-state index >= 15 is 0 Å². The lowest BCUT2D eigenvalue weighted by Crippen LogP contribution is -2.40. The van der Waals surface area contributed by atoms with Gasteiger partial charge < -0.3 is 19.9 Å². The summed E-state index contributed by atoms with van der Waals surface area (Å²) in [6, 6.07) is 0.499. The first-order valence-electron chi connectivity index (χ1n) is 6.40. The molecular formula is C12H25NO3. The predicted molar refractivity (Wildman–Crippen MR) is 63.6 cm³/mol. The van der Waals surface area contributed by atoms with Gasteiger partial charge in [-0.2, -0.15) is 0 Å². The monoisotopic (exact) mass is 231 g/mol. The zero-order valence-corrected chi connectivity index (χ0v) is 10.3. The Kier molecular flexibility index (Phi) is 7.76. The average molecular weight is 231 g/mol. The maximum Gasteiger partial charge on any atom is 0.0897 e. The van der Waals surface area contributed by atoms with Crippen molar-refractivity contribution < 1.29 is 14.6 Å². The maximum absolute atomic E-state index is 9.66. The van der Waals surface area contributed by atoms with Gasteiger partial charge in [-0.15, -0.1) is 0 Å². The van der Waals surface area contributed by atoms with Gasteiger partial charge in [0.05, 0.1) is 12.7 Å². The number of hydrogen-bond donors (Lipinski definition) is 2. The van der Waals surface area contributed by atoms with Gasteiger partial charge in [0.25, 0.3) is 0 Å². The second kappa shape index (κ2) is 8.93. The van der Waals surface area contributed by atoms with Crippen molar-refractivity contribution in [2.75, 3.05) is 33.0 Å². The van der Waals surface area contributed by atoms with E-state index in [-0.39, 0.29) is 6.10 Å². The average Bonchev–Trinajstić information content (AvgIpc) is 2.33. The second-order valence-electron chi connectivity index (χ2n) is 4.38. The molecule has 0 aliphatic carbocycles. The van der Waals surface area contributed by atoms with E-state index < -0.39 is 0 Å². The first-order valence-corrected chi connectivity index (χ1v) is 6.40. The van der Waals surface area contributed by atoms with Crippen LogP contribution in [0, 0.1) is 0 Å². The van der Waals surface area contributed by atoms with Crippen LogP contribution >= 0.6 is 0 Å². The molecule has 16 heavy (non-hydrogen) atoms. The predicted octanol–water partition coefficient (Wildman–Crippen LogP) is 0.933. The van der Waals surface area contributed by atoms with Crippen LogP contribution in [0.25, 0.3) is 0 Å². The summed E-state index contributed by atoms with van der Waals surface area (Å²) in [5, 5.41) is 13.0. The highest BCUT2D eigenvalue weighted by Gasteiger charge is 2.14. The molecule has 4 heteroatoms. The van der Waals surface area contributed by atoms with E-state index in [0.29, 0.717) is 19.2 Å². The van der Waals surface area contributed by atoms with Gasteiger partial charge >= 0.3 is 0 Å². The van der Waals surface area contributed by atoms with Crippen LogP contribution in [0.5, 0.6) is 0 Å². The Labute approximate surface area is 98.3 Å². The van der Waals surface area contributed by atoms with Crippen molar-refractivity contribution in [3.63, 3.8) is 0 Å². The van der Waals surface area contributed by atoms with Gasteiger partial charge in [-0.1, -0.05) is 13.3 Å². The van der Waals surface area contributed by atoms with E-state index in [2.05, 4.69) is 12.2 Å². The van der Waals surface area contributed by atoms with Crippen molar-refractivity contribution in [2.45, 2.75) is 44.8 Å². The zero-order valence-electron chi connectivity index (χ0n) is 10.3. The molecule has 1 unspecified atom stereocenters. The van der Waals surface area contributed by atoms with Gasteiger partial charge in [-0.25, -0.2) is 0 Å². The maximum atomic E-state index is 9.66. The number of aliphatic hydroxyl groups is 1. The third-order valence-electron chi connectivity index (χ3n) is 2.82. The Morgan fingerprint density at radius 1 is 1.44 bits per heavy atom. The lowest BCUT2D eigenvalue weighted by atomic mass is 10.1. The molecule has 0 spiro atoms. The minimum atomic E-state index is -0.389. The highest BCUT2D eigenvalue weighted by atomic mass is 16.5. The Bertz CT molecular complexity index is 160. The molecule has 0 aromatic heterocycles. The number of nitrogens with one attached hydrogen (secondary N) is 1. The normalized spacial score (nSPS) is 19.9. The first kappa shape index (κ1) is 13.9. The summed E-state index contributed by atoms with van der Waals surface area (Å²) in [6.45, 7) is 5.62. The molecule has 0 aromatic rings. The molecule has 96 valence electrons. The molecule has 2 N–H and O–H groups in total. The van der Waals surface area contributed by atoms with Crippen molar-refractivity contribution >= 4 is 0 Å². The fourth-order valence-electron chi connectivity index (χ4n) is 1.73. The Balaban J connectivity index is 1.94. The van der Waals surface area contributed by atoms with Gasteiger partial charge in [0.2, 0.25) is 0 Å². The number of hydrogen-bond acceptors (Lipinski definition) is 4. The molecule has 0 amide bonds. The molecule has 1 rings (SSSR count). The van der Waals surface area contributed by atoms with Crippen LogP contribution in [0.2, 0.25) is 0 Å². The van der Waals surface area contributed by atoms with Crippen molar-refractivity contribution in [1.82, 2.24) is 5.32 Å². The highest BCUT2D eigenvalue weighted by molar-refractivity contribution is 4.71. The molecule has 0 radical (unpaired) electrons. The SMILES string of the molecule is CCCCOCC(O)CNC1CCOCC1. The van der Waals surface area contributed by atoms with Crippen molar-refractivity contribution in [2.24, 2.45) is 0 Å². The largest absolute Gasteiger partial charge is 0.389 e. The summed E-state index contributed by atoms with van der Waals surface area (Å²) in [5.74, 6) is 0. The molecule has 1 aliphatic heterocycles. The zero-order chi connectivity index (χ0) is 11.6. The molecule has 1 heterocycles. The molecule has 0 saturated carbocycles. The van der Waals surface area contributed by atoms with E-state index in [1.54, 1.807) is 0 Å². The van der Waals surface area contributed by atoms with Crippen LogP contribution in [-0.4, -0.2) is 50.2 Å².